The Morgan fingerprint density at radius 2 is 2.12 bits per heavy atom. The lowest BCUT2D eigenvalue weighted by Gasteiger charge is -2.39. The standard InChI is InChI=1S/C14H26N2O/c1-11-4-2-5-12(8-11)9-16-13(17)14(10-15)6-3-7-14/h11-12H,2-10,15H2,1H3,(H,16,17). The van der Waals surface area contributed by atoms with Gasteiger partial charge in [0.2, 0.25) is 5.91 Å². The lowest BCUT2D eigenvalue weighted by atomic mass is 9.68. The Bertz CT molecular complexity index is 268. The average molecular weight is 238 g/mol. The first-order valence-corrected chi connectivity index (χ1v) is 7.15. The molecular weight excluding hydrogens is 212 g/mol. The van der Waals surface area contributed by atoms with Crippen molar-refractivity contribution in [2.75, 3.05) is 13.1 Å². The predicted octanol–water partition coefficient (Wildman–Crippen LogP) is 2.06. The van der Waals surface area contributed by atoms with E-state index in [1.807, 2.05) is 0 Å². The van der Waals surface area contributed by atoms with Crippen LogP contribution in [0.4, 0.5) is 0 Å². The summed E-state index contributed by atoms with van der Waals surface area (Å²) in [6.45, 7) is 3.70. The first-order chi connectivity index (χ1) is 8.16. The largest absolute Gasteiger partial charge is 0.355 e. The normalized spacial score (nSPS) is 31.6. The zero-order valence-corrected chi connectivity index (χ0v) is 11.0. The number of carbonyl (C=O) groups is 1. The third-order valence-corrected chi connectivity index (χ3v) is 4.78. The van der Waals surface area contributed by atoms with Gasteiger partial charge in [-0.05, 0) is 37.5 Å². The summed E-state index contributed by atoms with van der Waals surface area (Å²) in [4.78, 5) is 12.1. The summed E-state index contributed by atoms with van der Waals surface area (Å²) in [6, 6.07) is 0. The molecule has 2 rings (SSSR count). The lowest BCUT2D eigenvalue weighted by Crippen LogP contribution is -2.51. The molecule has 0 aliphatic heterocycles. The zero-order valence-electron chi connectivity index (χ0n) is 11.0. The van der Waals surface area contributed by atoms with E-state index in [4.69, 9.17) is 5.73 Å². The molecule has 2 aliphatic carbocycles. The quantitative estimate of drug-likeness (QED) is 0.787. The maximum absolute atomic E-state index is 12.1. The highest BCUT2D eigenvalue weighted by Crippen LogP contribution is 2.40. The van der Waals surface area contributed by atoms with Crippen molar-refractivity contribution in [2.45, 2.75) is 51.9 Å². The Morgan fingerprint density at radius 1 is 1.35 bits per heavy atom. The first kappa shape index (κ1) is 12.9. The van der Waals surface area contributed by atoms with Crippen molar-refractivity contribution in [3.63, 3.8) is 0 Å². The second-order valence-electron chi connectivity index (χ2n) is 6.19. The third-order valence-electron chi connectivity index (χ3n) is 4.78. The van der Waals surface area contributed by atoms with Crippen molar-refractivity contribution in [1.29, 1.82) is 0 Å². The number of carbonyl (C=O) groups excluding carboxylic acids is 1. The number of hydrogen-bond acceptors (Lipinski definition) is 2. The fourth-order valence-corrected chi connectivity index (χ4v) is 3.30. The van der Waals surface area contributed by atoms with Crippen LogP contribution in [0.15, 0.2) is 0 Å². The second kappa shape index (κ2) is 5.38. The molecule has 0 aromatic rings. The minimum atomic E-state index is -0.208. The molecular formula is C14H26N2O. The minimum absolute atomic E-state index is 0.208. The second-order valence-corrected chi connectivity index (χ2v) is 6.19. The van der Waals surface area contributed by atoms with Crippen molar-refractivity contribution in [3.8, 4) is 0 Å². The Balaban J connectivity index is 1.75. The van der Waals surface area contributed by atoms with Crippen molar-refractivity contribution in [1.82, 2.24) is 5.32 Å². The Kier molecular flexibility index (Phi) is 4.08. The van der Waals surface area contributed by atoms with E-state index in [2.05, 4.69) is 12.2 Å². The average Bonchev–Trinajstić information content (AvgIpc) is 2.26. The van der Waals surface area contributed by atoms with E-state index in [0.717, 1.165) is 31.7 Å². The van der Waals surface area contributed by atoms with Gasteiger partial charge in [-0.15, -0.1) is 0 Å². The fraction of sp³-hybridized carbons (Fsp3) is 0.929. The van der Waals surface area contributed by atoms with Crippen molar-refractivity contribution < 1.29 is 4.79 Å². The van der Waals surface area contributed by atoms with Gasteiger partial charge < -0.3 is 11.1 Å². The third kappa shape index (κ3) is 2.82. The molecule has 2 saturated carbocycles. The van der Waals surface area contributed by atoms with Gasteiger partial charge in [-0.1, -0.05) is 26.2 Å². The highest BCUT2D eigenvalue weighted by molar-refractivity contribution is 5.83. The topological polar surface area (TPSA) is 55.1 Å². The Labute approximate surface area is 105 Å². The molecule has 3 heteroatoms. The highest BCUT2D eigenvalue weighted by Gasteiger charge is 2.42. The molecule has 3 N–H and O–H groups in total. The van der Waals surface area contributed by atoms with Crippen LogP contribution in [0.2, 0.25) is 0 Å². The summed E-state index contributed by atoms with van der Waals surface area (Å²) >= 11 is 0. The van der Waals surface area contributed by atoms with Crippen LogP contribution >= 0.6 is 0 Å². The Hall–Kier alpha value is -0.570. The zero-order chi connectivity index (χ0) is 12.3. The van der Waals surface area contributed by atoms with Crippen LogP contribution in [0.5, 0.6) is 0 Å². The van der Waals surface area contributed by atoms with Gasteiger partial charge >= 0.3 is 0 Å². The molecule has 0 saturated heterocycles. The van der Waals surface area contributed by atoms with Crippen molar-refractivity contribution in [2.24, 2.45) is 23.0 Å². The van der Waals surface area contributed by atoms with Gasteiger partial charge in [0, 0.05) is 13.1 Å². The Morgan fingerprint density at radius 3 is 2.65 bits per heavy atom. The summed E-state index contributed by atoms with van der Waals surface area (Å²) in [5, 5.41) is 3.15. The van der Waals surface area contributed by atoms with Crippen LogP contribution in [-0.4, -0.2) is 19.0 Å². The van der Waals surface area contributed by atoms with E-state index in [1.165, 1.54) is 25.7 Å². The summed E-state index contributed by atoms with van der Waals surface area (Å²) in [6.07, 6.45) is 8.36. The molecule has 2 atom stereocenters. The molecule has 2 fully saturated rings. The number of amides is 1. The maximum atomic E-state index is 12.1. The molecule has 2 aliphatic rings. The molecule has 98 valence electrons. The summed E-state index contributed by atoms with van der Waals surface area (Å²) in [7, 11) is 0. The van der Waals surface area contributed by atoms with Crippen LogP contribution in [0.25, 0.3) is 0 Å². The van der Waals surface area contributed by atoms with E-state index in [0.29, 0.717) is 12.5 Å². The summed E-state index contributed by atoms with van der Waals surface area (Å²) < 4.78 is 0. The first-order valence-electron chi connectivity index (χ1n) is 7.15. The number of nitrogens with two attached hydrogens (primary N) is 1. The van der Waals surface area contributed by atoms with Gasteiger partial charge in [0.05, 0.1) is 5.41 Å². The fourth-order valence-electron chi connectivity index (χ4n) is 3.30. The maximum Gasteiger partial charge on any atom is 0.227 e. The van der Waals surface area contributed by atoms with E-state index in [9.17, 15) is 4.79 Å². The molecule has 1 amide bonds. The molecule has 17 heavy (non-hydrogen) atoms. The van der Waals surface area contributed by atoms with Crippen LogP contribution in [-0.2, 0) is 4.79 Å². The van der Waals surface area contributed by atoms with Crippen LogP contribution in [0, 0.1) is 17.3 Å². The highest BCUT2D eigenvalue weighted by atomic mass is 16.2. The van der Waals surface area contributed by atoms with Gasteiger partial charge in [0.15, 0.2) is 0 Å². The van der Waals surface area contributed by atoms with Crippen molar-refractivity contribution in [3.05, 3.63) is 0 Å². The van der Waals surface area contributed by atoms with Crippen LogP contribution < -0.4 is 11.1 Å². The molecule has 0 spiro atoms. The molecule has 0 aromatic carbocycles. The van der Waals surface area contributed by atoms with Gasteiger partial charge in [-0.3, -0.25) is 4.79 Å². The number of nitrogens with one attached hydrogen (secondary N) is 1. The van der Waals surface area contributed by atoms with Crippen LogP contribution in [0.1, 0.15) is 51.9 Å². The van der Waals surface area contributed by atoms with Gasteiger partial charge in [0.1, 0.15) is 0 Å². The van der Waals surface area contributed by atoms with Gasteiger partial charge in [-0.2, -0.15) is 0 Å². The van der Waals surface area contributed by atoms with Crippen LogP contribution in [0.3, 0.4) is 0 Å². The lowest BCUT2D eigenvalue weighted by molar-refractivity contribution is -0.135. The number of rotatable bonds is 4. The monoisotopic (exact) mass is 238 g/mol. The van der Waals surface area contributed by atoms with E-state index < -0.39 is 0 Å². The molecule has 2 unspecified atom stereocenters. The van der Waals surface area contributed by atoms with E-state index in [-0.39, 0.29) is 11.3 Å². The molecule has 0 aromatic heterocycles. The van der Waals surface area contributed by atoms with Gasteiger partial charge in [-0.25, -0.2) is 0 Å². The molecule has 3 nitrogen and oxygen atoms in total. The smallest absolute Gasteiger partial charge is 0.227 e. The van der Waals surface area contributed by atoms with E-state index >= 15 is 0 Å². The minimum Gasteiger partial charge on any atom is -0.355 e. The molecule has 0 radical (unpaired) electrons. The predicted molar refractivity (Wildman–Crippen MR) is 69.5 cm³/mol. The number of hydrogen-bond donors (Lipinski definition) is 2. The van der Waals surface area contributed by atoms with Crippen molar-refractivity contribution >= 4 is 5.91 Å². The van der Waals surface area contributed by atoms with E-state index in [1.54, 1.807) is 0 Å². The molecule has 0 heterocycles. The summed E-state index contributed by atoms with van der Waals surface area (Å²) in [5.74, 6) is 1.74. The molecule has 0 bridgehead atoms. The SMILES string of the molecule is CC1CCCC(CNC(=O)C2(CN)CCC2)C1. The summed E-state index contributed by atoms with van der Waals surface area (Å²) in [5.41, 5.74) is 5.53. The van der Waals surface area contributed by atoms with Gasteiger partial charge in [0.25, 0.3) is 0 Å².